The number of thiophene rings is 2. The Labute approximate surface area is 170 Å². The van der Waals surface area contributed by atoms with Gasteiger partial charge in [-0.2, -0.15) is 0 Å². The number of carbonyl (C=O) groups excluding carboxylic acids is 1. The van der Waals surface area contributed by atoms with Gasteiger partial charge in [0.15, 0.2) is 0 Å². The van der Waals surface area contributed by atoms with Crippen molar-refractivity contribution in [3.63, 3.8) is 0 Å². The van der Waals surface area contributed by atoms with Gasteiger partial charge in [-0.3, -0.25) is 14.2 Å². The van der Waals surface area contributed by atoms with E-state index in [1.54, 1.807) is 11.3 Å². The normalized spacial score (nSPS) is 12.2. The van der Waals surface area contributed by atoms with Gasteiger partial charge >= 0.3 is 0 Å². The molecule has 0 bridgehead atoms. The largest absolute Gasteiger partial charge is 0.343 e. The molecule has 0 spiro atoms. The van der Waals surface area contributed by atoms with Crippen molar-refractivity contribution in [1.82, 2.24) is 14.9 Å². The molecule has 3 heterocycles. The Morgan fingerprint density at radius 2 is 1.96 bits per heavy atom. The predicted molar refractivity (Wildman–Crippen MR) is 114 cm³/mol. The number of nitrogens with zero attached hydrogens (tertiary/aromatic N) is 2. The van der Waals surface area contributed by atoms with Crippen LogP contribution in [0.25, 0.3) is 10.2 Å². The van der Waals surface area contributed by atoms with Crippen LogP contribution in [0.4, 0.5) is 0 Å². The summed E-state index contributed by atoms with van der Waals surface area (Å²) in [7, 11) is 0. The van der Waals surface area contributed by atoms with E-state index in [4.69, 9.17) is 0 Å². The molecule has 0 radical (unpaired) electrons. The maximum atomic E-state index is 12.8. The lowest BCUT2D eigenvalue weighted by Crippen LogP contribution is -2.35. The maximum absolute atomic E-state index is 12.8. The molecule has 0 saturated heterocycles. The first kappa shape index (κ1) is 18.6. The highest BCUT2D eigenvalue weighted by atomic mass is 32.1. The molecule has 28 heavy (non-hydrogen) atoms. The van der Waals surface area contributed by atoms with Gasteiger partial charge in [0.2, 0.25) is 5.91 Å². The summed E-state index contributed by atoms with van der Waals surface area (Å²) < 4.78 is 1.38. The van der Waals surface area contributed by atoms with Crippen molar-refractivity contribution in [1.29, 1.82) is 0 Å². The molecule has 5 nitrogen and oxygen atoms in total. The second kappa shape index (κ2) is 7.69. The minimum atomic E-state index is -0.244. The lowest BCUT2D eigenvalue weighted by Gasteiger charge is -2.18. The minimum Gasteiger partial charge on any atom is -0.343 e. The van der Waals surface area contributed by atoms with E-state index in [1.165, 1.54) is 22.2 Å². The third-order valence-electron chi connectivity index (χ3n) is 4.74. The van der Waals surface area contributed by atoms with E-state index in [9.17, 15) is 9.59 Å². The van der Waals surface area contributed by atoms with Crippen LogP contribution in [-0.2, 0) is 11.3 Å². The zero-order valence-electron chi connectivity index (χ0n) is 15.5. The van der Waals surface area contributed by atoms with E-state index < -0.39 is 0 Å². The van der Waals surface area contributed by atoms with Crippen LogP contribution in [0.15, 0.2) is 59.0 Å². The molecule has 1 atom stereocenters. The van der Waals surface area contributed by atoms with Gasteiger partial charge in [-0.1, -0.05) is 36.4 Å². The van der Waals surface area contributed by atoms with E-state index in [-0.39, 0.29) is 24.1 Å². The lowest BCUT2D eigenvalue weighted by atomic mass is 10.1. The summed E-state index contributed by atoms with van der Waals surface area (Å²) in [6.07, 6.45) is 1.46. The molecule has 142 valence electrons. The number of hydrogen-bond donors (Lipinski definition) is 1. The van der Waals surface area contributed by atoms with Gasteiger partial charge in [-0.25, -0.2) is 4.98 Å². The van der Waals surface area contributed by atoms with Crippen molar-refractivity contribution in [3.8, 4) is 0 Å². The summed E-state index contributed by atoms with van der Waals surface area (Å²) in [4.78, 5) is 32.8. The van der Waals surface area contributed by atoms with E-state index in [0.717, 1.165) is 25.7 Å². The average Bonchev–Trinajstić information content (AvgIpc) is 3.32. The Morgan fingerprint density at radius 3 is 2.68 bits per heavy atom. The van der Waals surface area contributed by atoms with Crippen LogP contribution < -0.4 is 10.9 Å². The van der Waals surface area contributed by atoms with Crippen molar-refractivity contribution in [2.45, 2.75) is 26.4 Å². The summed E-state index contributed by atoms with van der Waals surface area (Å²) in [5.74, 6) is -0.227. The molecule has 0 fully saturated rings. The molecule has 3 aromatic heterocycles. The minimum absolute atomic E-state index is 0.0647. The molecule has 0 saturated carbocycles. The first-order valence-corrected chi connectivity index (χ1v) is 10.6. The van der Waals surface area contributed by atoms with Crippen LogP contribution in [0.2, 0.25) is 0 Å². The Bertz CT molecular complexity index is 1180. The smallest absolute Gasteiger partial charge is 0.262 e. The zero-order chi connectivity index (χ0) is 19.7. The van der Waals surface area contributed by atoms with Crippen molar-refractivity contribution < 1.29 is 4.79 Å². The van der Waals surface area contributed by atoms with Gasteiger partial charge in [-0.05, 0) is 36.4 Å². The van der Waals surface area contributed by atoms with Gasteiger partial charge in [0.05, 0.1) is 17.8 Å². The zero-order valence-corrected chi connectivity index (χ0v) is 17.1. The monoisotopic (exact) mass is 409 g/mol. The number of rotatable bonds is 5. The molecular formula is C21H19N3O2S2. The second-order valence-corrected chi connectivity index (χ2v) is 8.75. The van der Waals surface area contributed by atoms with Crippen molar-refractivity contribution in [2.75, 3.05) is 0 Å². The Morgan fingerprint density at radius 1 is 1.18 bits per heavy atom. The Kier molecular flexibility index (Phi) is 5.11. The van der Waals surface area contributed by atoms with E-state index >= 15 is 0 Å². The first-order valence-electron chi connectivity index (χ1n) is 8.87. The molecule has 0 aliphatic rings. The molecule has 1 N–H and O–H groups in total. The number of fused-ring (bicyclic) bond motifs is 1. The van der Waals surface area contributed by atoms with Crippen molar-refractivity contribution >= 4 is 38.8 Å². The van der Waals surface area contributed by atoms with Crippen LogP contribution in [0.5, 0.6) is 0 Å². The number of hydrogen-bond acceptors (Lipinski definition) is 5. The first-order chi connectivity index (χ1) is 13.5. The summed E-state index contributed by atoms with van der Waals surface area (Å²) in [5.41, 5.74) is 1.77. The number of aromatic nitrogens is 2. The predicted octanol–water partition coefficient (Wildman–Crippen LogP) is 4.04. The molecule has 1 aromatic carbocycles. The fraction of sp³-hybridized carbons (Fsp3) is 0.190. The summed E-state index contributed by atoms with van der Waals surface area (Å²) in [6.45, 7) is 3.83. The molecule has 1 amide bonds. The van der Waals surface area contributed by atoms with Gasteiger partial charge in [0, 0.05) is 9.75 Å². The van der Waals surface area contributed by atoms with Crippen LogP contribution in [-0.4, -0.2) is 15.5 Å². The van der Waals surface area contributed by atoms with Crippen LogP contribution in [0.3, 0.4) is 0 Å². The molecule has 7 heteroatoms. The molecular weight excluding hydrogens is 390 g/mol. The molecule has 0 aliphatic carbocycles. The number of amides is 1. The van der Waals surface area contributed by atoms with Gasteiger partial charge in [-0.15, -0.1) is 22.7 Å². The highest BCUT2D eigenvalue weighted by molar-refractivity contribution is 7.18. The van der Waals surface area contributed by atoms with Gasteiger partial charge in [0.1, 0.15) is 11.4 Å². The van der Waals surface area contributed by atoms with Crippen LogP contribution in [0, 0.1) is 13.8 Å². The molecule has 4 aromatic rings. The molecule has 4 rings (SSSR count). The maximum Gasteiger partial charge on any atom is 0.262 e. The third-order valence-corrected chi connectivity index (χ3v) is 6.79. The van der Waals surface area contributed by atoms with Crippen LogP contribution in [0.1, 0.15) is 26.9 Å². The van der Waals surface area contributed by atoms with Crippen LogP contribution >= 0.6 is 22.7 Å². The average molecular weight is 410 g/mol. The number of benzene rings is 1. The number of carbonyl (C=O) groups is 1. The lowest BCUT2D eigenvalue weighted by molar-refractivity contribution is -0.122. The van der Waals surface area contributed by atoms with Crippen molar-refractivity contribution in [2.24, 2.45) is 0 Å². The second-order valence-electron chi connectivity index (χ2n) is 6.57. The summed E-state index contributed by atoms with van der Waals surface area (Å²) in [5, 5.41) is 5.66. The van der Waals surface area contributed by atoms with Crippen molar-refractivity contribution in [3.05, 3.63) is 85.4 Å². The van der Waals surface area contributed by atoms with E-state index in [2.05, 4.69) is 10.3 Å². The van der Waals surface area contributed by atoms with E-state index in [1.807, 2.05) is 61.7 Å². The highest BCUT2D eigenvalue weighted by Crippen LogP contribution is 2.27. The Hall–Kier alpha value is -2.77. The van der Waals surface area contributed by atoms with Gasteiger partial charge < -0.3 is 5.32 Å². The number of nitrogens with one attached hydrogen (secondary N) is 1. The Balaban J connectivity index is 1.61. The SMILES string of the molecule is Cc1sc2ncn(CC(=O)N[C@H](c3ccccc3)c3cccs3)c(=O)c2c1C. The van der Waals surface area contributed by atoms with E-state index in [0.29, 0.717) is 5.39 Å². The fourth-order valence-corrected chi connectivity index (χ4v) is 4.95. The fourth-order valence-electron chi connectivity index (χ4n) is 3.16. The summed E-state index contributed by atoms with van der Waals surface area (Å²) in [6, 6.07) is 13.5. The summed E-state index contributed by atoms with van der Waals surface area (Å²) >= 11 is 3.09. The quantitative estimate of drug-likeness (QED) is 0.541. The standard InChI is InChI=1S/C21H19N3O2S2/c1-13-14(2)28-20-18(13)21(26)24(12-22-20)11-17(25)23-19(16-9-6-10-27-16)15-7-4-3-5-8-15/h3-10,12,19H,11H2,1-2H3,(H,23,25)/t19-/m1/s1. The third kappa shape index (κ3) is 3.50. The molecule has 0 aliphatic heterocycles. The highest BCUT2D eigenvalue weighted by Gasteiger charge is 2.19. The number of aryl methyl sites for hydroxylation is 2. The topological polar surface area (TPSA) is 64.0 Å². The molecule has 0 unspecified atom stereocenters. The van der Waals surface area contributed by atoms with Gasteiger partial charge in [0.25, 0.3) is 5.56 Å².